The van der Waals surface area contributed by atoms with Crippen LogP contribution in [0.15, 0.2) is 0 Å². The van der Waals surface area contributed by atoms with Crippen LogP contribution in [-0.2, 0) is 14.9 Å². The lowest BCUT2D eigenvalue weighted by Crippen LogP contribution is -2.54. The van der Waals surface area contributed by atoms with E-state index in [-0.39, 0.29) is 24.6 Å². The maximum atomic E-state index is 12.3. The van der Waals surface area contributed by atoms with E-state index in [4.69, 9.17) is 4.74 Å². The Labute approximate surface area is 134 Å². The van der Waals surface area contributed by atoms with Crippen LogP contribution in [0.5, 0.6) is 0 Å². The normalized spacial score (nSPS) is 31.6. The lowest BCUT2D eigenvalue weighted by molar-refractivity contribution is -0.0175. The average Bonchev–Trinajstić information content (AvgIpc) is 2.42. The van der Waals surface area contributed by atoms with E-state index in [9.17, 15) is 8.42 Å². The zero-order chi connectivity index (χ0) is 14.6. The number of ether oxygens (including phenoxy) is 1. The van der Waals surface area contributed by atoms with Gasteiger partial charge in [-0.15, -0.1) is 12.4 Å². The van der Waals surface area contributed by atoms with Gasteiger partial charge in [-0.2, -0.15) is 12.7 Å². The summed E-state index contributed by atoms with van der Waals surface area (Å²) in [5, 5.41) is 3.35. The number of nitrogens with one attached hydrogen (secondary N) is 2. The Bertz CT molecular complexity index is 401. The smallest absolute Gasteiger partial charge is 0.279 e. The number of hydrogen-bond acceptors (Lipinski definition) is 4. The first-order chi connectivity index (χ1) is 9.49. The van der Waals surface area contributed by atoms with Crippen LogP contribution < -0.4 is 10.0 Å². The predicted octanol–water partition coefficient (Wildman–Crippen LogP) is 0.742. The van der Waals surface area contributed by atoms with Crippen molar-refractivity contribution in [3.8, 4) is 0 Å². The van der Waals surface area contributed by atoms with Gasteiger partial charge in [0.2, 0.25) is 0 Å². The molecule has 0 aromatic rings. The van der Waals surface area contributed by atoms with Crippen molar-refractivity contribution in [3.05, 3.63) is 0 Å². The highest BCUT2D eigenvalue weighted by Crippen LogP contribution is 2.16. The minimum atomic E-state index is -3.38. The molecule has 0 amide bonds. The summed E-state index contributed by atoms with van der Waals surface area (Å²) in [6.45, 7) is 7.31. The van der Waals surface area contributed by atoms with E-state index in [0.717, 1.165) is 19.5 Å². The molecule has 21 heavy (non-hydrogen) atoms. The molecular formula is C13H28ClN3O3S. The number of halogens is 1. The fourth-order valence-electron chi connectivity index (χ4n) is 2.85. The first-order valence-corrected chi connectivity index (χ1v) is 9.02. The van der Waals surface area contributed by atoms with Crippen molar-refractivity contribution in [2.45, 2.75) is 45.3 Å². The molecule has 2 aliphatic heterocycles. The summed E-state index contributed by atoms with van der Waals surface area (Å²) in [5.74, 6) is 0.590. The molecule has 2 saturated heterocycles. The summed E-state index contributed by atoms with van der Waals surface area (Å²) >= 11 is 0. The van der Waals surface area contributed by atoms with Gasteiger partial charge >= 0.3 is 0 Å². The highest BCUT2D eigenvalue weighted by atomic mass is 35.5. The Morgan fingerprint density at radius 2 is 2.14 bits per heavy atom. The Hall–Kier alpha value is 0.0800. The number of morpholine rings is 1. The van der Waals surface area contributed by atoms with E-state index in [1.165, 1.54) is 17.1 Å². The van der Waals surface area contributed by atoms with E-state index in [2.05, 4.69) is 10.0 Å². The standard InChI is InChI=1S/C13H27N3O3S.ClH/c1-11-10-19-12(2)9-16(11)20(17,18)15-7-5-13-4-3-6-14-8-13;/h11-15H,3-10H2,1-2H3;1H. The molecule has 2 N–H and O–H groups in total. The van der Waals surface area contributed by atoms with Crippen LogP contribution in [0.2, 0.25) is 0 Å². The zero-order valence-corrected chi connectivity index (χ0v) is 14.5. The highest BCUT2D eigenvalue weighted by Gasteiger charge is 2.32. The second-order valence-electron chi connectivity index (χ2n) is 5.96. The summed E-state index contributed by atoms with van der Waals surface area (Å²) in [6.07, 6.45) is 3.25. The van der Waals surface area contributed by atoms with Gasteiger partial charge in [0.15, 0.2) is 0 Å². The van der Waals surface area contributed by atoms with Crippen LogP contribution in [-0.4, -0.2) is 57.7 Å². The first-order valence-electron chi connectivity index (χ1n) is 7.58. The molecule has 3 atom stereocenters. The van der Waals surface area contributed by atoms with E-state index < -0.39 is 10.2 Å². The van der Waals surface area contributed by atoms with Crippen LogP contribution >= 0.6 is 12.4 Å². The van der Waals surface area contributed by atoms with Gasteiger partial charge < -0.3 is 10.1 Å². The van der Waals surface area contributed by atoms with Crippen LogP contribution in [0.4, 0.5) is 0 Å². The Kier molecular flexibility index (Phi) is 7.87. The molecule has 2 aliphatic rings. The van der Waals surface area contributed by atoms with Crippen molar-refractivity contribution >= 4 is 22.6 Å². The van der Waals surface area contributed by atoms with E-state index in [1.807, 2.05) is 13.8 Å². The SMILES string of the molecule is CC1CN(S(=O)(=O)NCCC2CCCNC2)C(C)CO1.Cl. The second-order valence-corrected chi connectivity index (χ2v) is 7.67. The van der Waals surface area contributed by atoms with E-state index in [1.54, 1.807) is 0 Å². The van der Waals surface area contributed by atoms with Gasteiger partial charge in [0.05, 0.1) is 12.7 Å². The number of piperidine rings is 1. The van der Waals surface area contributed by atoms with Gasteiger partial charge in [-0.1, -0.05) is 0 Å². The van der Waals surface area contributed by atoms with Crippen LogP contribution in [0.25, 0.3) is 0 Å². The molecule has 0 radical (unpaired) electrons. The summed E-state index contributed by atoms with van der Waals surface area (Å²) < 4.78 is 34.4. The van der Waals surface area contributed by atoms with Crippen molar-refractivity contribution in [1.29, 1.82) is 0 Å². The van der Waals surface area contributed by atoms with Gasteiger partial charge in [0.25, 0.3) is 10.2 Å². The molecule has 8 heteroatoms. The summed E-state index contributed by atoms with van der Waals surface area (Å²) in [5.41, 5.74) is 0. The van der Waals surface area contributed by atoms with Crippen molar-refractivity contribution in [1.82, 2.24) is 14.3 Å². The minimum absolute atomic E-state index is 0. The lowest BCUT2D eigenvalue weighted by atomic mass is 9.96. The summed E-state index contributed by atoms with van der Waals surface area (Å²) in [6, 6.07) is -0.0972. The van der Waals surface area contributed by atoms with Crippen molar-refractivity contribution in [2.24, 2.45) is 5.92 Å². The molecule has 0 bridgehead atoms. The summed E-state index contributed by atoms with van der Waals surface area (Å²) in [7, 11) is -3.38. The quantitative estimate of drug-likeness (QED) is 0.774. The van der Waals surface area contributed by atoms with Crippen LogP contribution in [0, 0.1) is 5.92 Å². The molecule has 126 valence electrons. The Morgan fingerprint density at radius 1 is 1.38 bits per heavy atom. The fourth-order valence-corrected chi connectivity index (χ4v) is 4.34. The van der Waals surface area contributed by atoms with Crippen LogP contribution in [0.3, 0.4) is 0 Å². The third-order valence-corrected chi connectivity index (χ3v) is 5.79. The van der Waals surface area contributed by atoms with Crippen LogP contribution in [0.1, 0.15) is 33.1 Å². The van der Waals surface area contributed by atoms with Gasteiger partial charge in [-0.3, -0.25) is 0 Å². The maximum Gasteiger partial charge on any atom is 0.279 e. The lowest BCUT2D eigenvalue weighted by Gasteiger charge is -2.35. The van der Waals surface area contributed by atoms with Gasteiger partial charge in [0.1, 0.15) is 0 Å². The van der Waals surface area contributed by atoms with Gasteiger partial charge in [0, 0.05) is 19.1 Å². The predicted molar refractivity (Wildman–Crippen MR) is 86.0 cm³/mol. The molecule has 0 spiro atoms. The van der Waals surface area contributed by atoms with Gasteiger partial charge in [-0.25, -0.2) is 4.72 Å². The Balaban J connectivity index is 0.00000220. The monoisotopic (exact) mass is 341 g/mol. The number of hydrogen-bond donors (Lipinski definition) is 2. The molecule has 2 fully saturated rings. The third-order valence-electron chi connectivity index (χ3n) is 4.10. The molecule has 2 heterocycles. The second kappa shape index (κ2) is 8.64. The molecule has 0 aromatic heterocycles. The molecule has 2 rings (SSSR count). The molecule has 0 aliphatic carbocycles. The molecule has 6 nitrogen and oxygen atoms in total. The van der Waals surface area contributed by atoms with Gasteiger partial charge in [-0.05, 0) is 52.1 Å². The van der Waals surface area contributed by atoms with Crippen molar-refractivity contribution in [3.63, 3.8) is 0 Å². The third kappa shape index (κ3) is 5.65. The first kappa shape index (κ1) is 19.1. The fraction of sp³-hybridized carbons (Fsp3) is 1.00. The Morgan fingerprint density at radius 3 is 2.81 bits per heavy atom. The minimum Gasteiger partial charge on any atom is -0.375 e. The average molecular weight is 342 g/mol. The molecule has 0 aromatic carbocycles. The maximum absolute atomic E-state index is 12.3. The number of rotatable bonds is 5. The van der Waals surface area contributed by atoms with E-state index in [0.29, 0.717) is 25.6 Å². The highest BCUT2D eigenvalue weighted by molar-refractivity contribution is 7.87. The van der Waals surface area contributed by atoms with Crippen molar-refractivity contribution in [2.75, 3.05) is 32.8 Å². The largest absolute Gasteiger partial charge is 0.375 e. The number of nitrogens with zero attached hydrogens (tertiary/aromatic N) is 1. The van der Waals surface area contributed by atoms with E-state index >= 15 is 0 Å². The molecule has 0 saturated carbocycles. The molecule has 3 unspecified atom stereocenters. The topological polar surface area (TPSA) is 70.7 Å². The van der Waals surface area contributed by atoms with Crippen molar-refractivity contribution < 1.29 is 13.2 Å². The summed E-state index contributed by atoms with van der Waals surface area (Å²) in [4.78, 5) is 0. The molecular weight excluding hydrogens is 314 g/mol. The zero-order valence-electron chi connectivity index (χ0n) is 12.9.